The molecule has 0 fully saturated rings. The van der Waals surface area contributed by atoms with Gasteiger partial charge in [-0.3, -0.25) is 4.79 Å². The lowest BCUT2D eigenvalue weighted by molar-refractivity contribution is -0.123. The van der Waals surface area contributed by atoms with Gasteiger partial charge in [0.1, 0.15) is 5.75 Å². The number of hydrogen-bond acceptors (Lipinski definition) is 3. The van der Waals surface area contributed by atoms with E-state index in [1.807, 2.05) is 13.8 Å². The Balaban J connectivity index is 2.68. The summed E-state index contributed by atoms with van der Waals surface area (Å²) in [6, 6.07) is 3.42. The third kappa shape index (κ3) is 4.85. The number of benzene rings is 1. The maximum Gasteiger partial charge on any atom is 0.258 e. The Kier molecular flexibility index (Phi) is 7.13. The Morgan fingerprint density at radius 3 is 2.55 bits per heavy atom. The number of rotatable bonds is 7. The van der Waals surface area contributed by atoms with Crippen LogP contribution in [-0.4, -0.2) is 18.6 Å². The summed E-state index contributed by atoms with van der Waals surface area (Å²) in [4.78, 5) is 11.8. The Bertz CT molecular complexity index is 463. The maximum absolute atomic E-state index is 11.8. The van der Waals surface area contributed by atoms with Gasteiger partial charge in [0.05, 0.1) is 5.02 Å². The van der Waals surface area contributed by atoms with Crippen LogP contribution in [0.4, 0.5) is 0 Å². The van der Waals surface area contributed by atoms with Gasteiger partial charge in [0.2, 0.25) is 0 Å². The molecule has 3 N–H and O–H groups in total. The Labute approximate surface area is 129 Å². The van der Waals surface area contributed by atoms with Gasteiger partial charge in [-0.1, -0.05) is 37.0 Å². The summed E-state index contributed by atoms with van der Waals surface area (Å²) in [6.45, 7) is 4.20. The molecule has 0 saturated carbocycles. The number of amides is 1. The quantitative estimate of drug-likeness (QED) is 0.811. The van der Waals surface area contributed by atoms with Gasteiger partial charge >= 0.3 is 0 Å². The van der Waals surface area contributed by atoms with Gasteiger partial charge in [0, 0.05) is 23.2 Å². The number of halogens is 2. The summed E-state index contributed by atoms with van der Waals surface area (Å²) in [5, 5.41) is 3.74. The maximum atomic E-state index is 11.8. The lowest BCUT2D eigenvalue weighted by atomic mass is 10.2. The van der Waals surface area contributed by atoms with Crippen molar-refractivity contribution in [2.24, 2.45) is 5.73 Å². The summed E-state index contributed by atoms with van der Waals surface area (Å²) < 4.78 is 5.48. The van der Waals surface area contributed by atoms with Gasteiger partial charge in [-0.15, -0.1) is 0 Å². The van der Waals surface area contributed by atoms with Crippen LogP contribution in [0.25, 0.3) is 0 Å². The zero-order valence-electron chi connectivity index (χ0n) is 11.7. The molecular formula is C14H20Cl2N2O2. The number of nitrogens with two attached hydrogens (primary N) is 1. The van der Waals surface area contributed by atoms with Crippen LogP contribution in [0.15, 0.2) is 12.1 Å². The molecule has 0 radical (unpaired) electrons. The predicted molar refractivity (Wildman–Crippen MR) is 82.4 cm³/mol. The second kappa shape index (κ2) is 8.35. The van der Waals surface area contributed by atoms with E-state index in [1.54, 1.807) is 12.1 Å². The highest BCUT2D eigenvalue weighted by Gasteiger charge is 2.13. The number of nitrogens with one attached hydrogen (secondary N) is 1. The number of hydrogen-bond donors (Lipinski definition) is 2. The van der Waals surface area contributed by atoms with E-state index in [0.29, 0.717) is 21.4 Å². The SMILES string of the molecule is CCC(CC)NC(=O)COc1c(Cl)cc(Cl)cc1CN. The van der Waals surface area contributed by atoms with E-state index >= 15 is 0 Å². The number of carbonyl (C=O) groups is 1. The smallest absolute Gasteiger partial charge is 0.258 e. The first kappa shape index (κ1) is 17.1. The van der Waals surface area contributed by atoms with Crippen molar-refractivity contribution in [1.29, 1.82) is 0 Å². The van der Waals surface area contributed by atoms with Crippen molar-refractivity contribution in [2.75, 3.05) is 6.61 Å². The Morgan fingerprint density at radius 1 is 1.35 bits per heavy atom. The molecule has 0 aliphatic carbocycles. The number of ether oxygens (including phenoxy) is 1. The summed E-state index contributed by atoms with van der Waals surface area (Å²) in [7, 11) is 0. The fourth-order valence-corrected chi connectivity index (χ4v) is 2.42. The van der Waals surface area contributed by atoms with Gasteiger partial charge in [-0.2, -0.15) is 0 Å². The molecule has 20 heavy (non-hydrogen) atoms. The molecule has 0 bridgehead atoms. The molecular weight excluding hydrogens is 299 g/mol. The van der Waals surface area contributed by atoms with E-state index in [-0.39, 0.29) is 25.1 Å². The molecule has 1 aromatic rings. The van der Waals surface area contributed by atoms with E-state index in [0.717, 1.165) is 12.8 Å². The van der Waals surface area contributed by atoms with Crippen LogP contribution in [-0.2, 0) is 11.3 Å². The molecule has 6 heteroatoms. The molecule has 0 aromatic heterocycles. The van der Waals surface area contributed by atoms with Crippen LogP contribution < -0.4 is 15.8 Å². The van der Waals surface area contributed by atoms with E-state index in [1.165, 1.54) is 0 Å². The predicted octanol–water partition coefficient (Wildman–Crippen LogP) is 3.14. The molecule has 1 aromatic carbocycles. The number of carbonyl (C=O) groups excluding carboxylic acids is 1. The van der Waals surface area contributed by atoms with E-state index in [9.17, 15) is 4.79 Å². The average molecular weight is 319 g/mol. The highest BCUT2D eigenvalue weighted by Crippen LogP contribution is 2.32. The van der Waals surface area contributed by atoms with E-state index in [2.05, 4.69) is 5.32 Å². The molecule has 0 spiro atoms. The molecule has 0 aliphatic heterocycles. The fourth-order valence-electron chi connectivity index (χ4n) is 1.83. The van der Waals surface area contributed by atoms with Crippen molar-refractivity contribution in [3.63, 3.8) is 0 Å². The largest absolute Gasteiger partial charge is 0.482 e. The zero-order chi connectivity index (χ0) is 15.1. The Morgan fingerprint density at radius 2 is 2.00 bits per heavy atom. The van der Waals surface area contributed by atoms with Crippen molar-refractivity contribution in [2.45, 2.75) is 39.3 Å². The summed E-state index contributed by atoms with van der Waals surface area (Å²) in [6.07, 6.45) is 1.77. The molecule has 0 aliphatic rings. The van der Waals surface area contributed by atoms with Gasteiger partial charge in [0.25, 0.3) is 5.91 Å². The first-order valence-corrected chi connectivity index (χ1v) is 7.37. The highest BCUT2D eigenvalue weighted by atomic mass is 35.5. The van der Waals surface area contributed by atoms with Crippen LogP contribution in [0.5, 0.6) is 5.75 Å². The minimum atomic E-state index is -0.173. The first-order chi connectivity index (χ1) is 9.51. The van der Waals surface area contributed by atoms with E-state index in [4.69, 9.17) is 33.7 Å². The van der Waals surface area contributed by atoms with Gasteiger partial charge < -0.3 is 15.8 Å². The molecule has 1 rings (SSSR count). The summed E-state index contributed by atoms with van der Waals surface area (Å²) in [5.41, 5.74) is 6.30. The second-order valence-corrected chi connectivity index (χ2v) is 5.29. The first-order valence-electron chi connectivity index (χ1n) is 6.61. The van der Waals surface area contributed by atoms with Crippen LogP contribution in [0, 0.1) is 0 Å². The van der Waals surface area contributed by atoms with Crippen LogP contribution >= 0.6 is 23.2 Å². The van der Waals surface area contributed by atoms with Gasteiger partial charge in [0.15, 0.2) is 6.61 Å². The van der Waals surface area contributed by atoms with Crippen LogP contribution in [0.3, 0.4) is 0 Å². The van der Waals surface area contributed by atoms with Gasteiger partial charge in [-0.25, -0.2) is 0 Å². The fraction of sp³-hybridized carbons (Fsp3) is 0.500. The standard InChI is InChI=1S/C14H20Cl2N2O2/c1-3-11(4-2)18-13(19)8-20-14-9(7-17)5-10(15)6-12(14)16/h5-6,11H,3-4,7-8,17H2,1-2H3,(H,18,19). The third-order valence-corrected chi connectivity index (χ3v) is 3.50. The van der Waals surface area contributed by atoms with Crippen LogP contribution in [0.1, 0.15) is 32.3 Å². The van der Waals surface area contributed by atoms with Gasteiger partial charge in [-0.05, 0) is 25.0 Å². The molecule has 112 valence electrons. The lowest BCUT2D eigenvalue weighted by Gasteiger charge is -2.16. The normalized spacial score (nSPS) is 10.7. The zero-order valence-corrected chi connectivity index (χ0v) is 13.2. The van der Waals surface area contributed by atoms with Crippen LogP contribution in [0.2, 0.25) is 10.0 Å². The molecule has 4 nitrogen and oxygen atoms in total. The van der Waals surface area contributed by atoms with Crippen molar-refractivity contribution in [1.82, 2.24) is 5.32 Å². The van der Waals surface area contributed by atoms with Crippen molar-refractivity contribution >= 4 is 29.1 Å². The average Bonchev–Trinajstić information content (AvgIpc) is 2.42. The summed E-state index contributed by atoms with van der Waals surface area (Å²) in [5.74, 6) is 0.242. The summed E-state index contributed by atoms with van der Waals surface area (Å²) >= 11 is 12.0. The monoisotopic (exact) mass is 318 g/mol. The molecule has 0 unspecified atom stereocenters. The second-order valence-electron chi connectivity index (χ2n) is 4.45. The van der Waals surface area contributed by atoms with Crippen molar-refractivity contribution in [3.8, 4) is 5.75 Å². The molecule has 1 amide bonds. The van der Waals surface area contributed by atoms with Crippen molar-refractivity contribution in [3.05, 3.63) is 27.7 Å². The lowest BCUT2D eigenvalue weighted by Crippen LogP contribution is -2.37. The minimum absolute atomic E-state index is 0.0924. The topological polar surface area (TPSA) is 64.3 Å². The Hall–Kier alpha value is -0.970. The van der Waals surface area contributed by atoms with Crippen molar-refractivity contribution < 1.29 is 9.53 Å². The third-order valence-electron chi connectivity index (χ3n) is 3.00. The minimum Gasteiger partial charge on any atom is -0.482 e. The molecule has 0 saturated heterocycles. The highest BCUT2D eigenvalue weighted by molar-refractivity contribution is 6.35. The molecule has 0 heterocycles. The molecule has 0 atom stereocenters. The van der Waals surface area contributed by atoms with E-state index < -0.39 is 0 Å².